The normalized spacial score (nSPS) is 23.2. The number of methoxy groups -OCH3 is 2. The summed E-state index contributed by atoms with van der Waals surface area (Å²) in [7, 11) is 3.17. The van der Waals surface area contributed by atoms with Gasteiger partial charge in [0.25, 0.3) is 5.91 Å². The fourth-order valence-corrected chi connectivity index (χ4v) is 3.55. The van der Waals surface area contributed by atoms with Gasteiger partial charge in [-0.1, -0.05) is 12.2 Å². The smallest absolute Gasteiger partial charge is 0.256 e. The predicted octanol–water partition coefficient (Wildman–Crippen LogP) is 2.20. The van der Waals surface area contributed by atoms with Crippen LogP contribution in [-0.2, 0) is 0 Å². The van der Waals surface area contributed by atoms with Crippen LogP contribution in [0.15, 0.2) is 24.3 Å². The van der Waals surface area contributed by atoms with Crippen molar-refractivity contribution >= 4 is 23.4 Å². The minimum atomic E-state index is 0.0185. The van der Waals surface area contributed by atoms with Crippen LogP contribution in [0.4, 0.5) is 5.69 Å². The van der Waals surface area contributed by atoms with Gasteiger partial charge in [-0.05, 0) is 12.3 Å². The maximum absolute atomic E-state index is 12.8. The zero-order chi connectivity index (χ0) is 15.0. The largest absolute Gasteiger partial charge is 0.493 e. The number of benzene rings is 1. The first-order valence-corrected chi connectivity index (χ1v) is 8.01. The topological polar surface area (TPSA) is 50.8 Å². The summed E-state index contributed by atoms with van der Waals surface area (Å²) in [4.78, 5) is 14.7. The Labute approximate surface area is 128 Å². The van der Waals surface area contributed by atoms with Gasteiger partial charge in [0.15, 0.2) is 11.5 Å². The highest BCUT2D eigenvalue weighted by Gasteiger charge is 2.36. The Kier molecular flexibility index (Phi) is 3.71. The molecule has 0 radical (unpaired) electrons. The number of nitrogens with zero attached hydrogens (tertiary/aromatic N) is 1. The maximum Gasteiger partial charge on any atom is 0.256 e. The van der Waals surface area contributed by atoms with Crippen LogP contribution in [0, 0.1) is 0 Å². The zero-order valence-electron chi connectivity index (χ0n) is 12.3. The highest BCUT2D eigenvalue weighted by molar-refractivity contribution is 7.99. The van der Waals surface area contributed by atoms with E-state index in [9.17, 15) is 4.79 Å². The van der Waals surface area contributed by atoms with Crippen LogP contribution in [0.2, 0.25) is 0 Å². The zero-order valence-corrected chi connectivity index (χ0v) is 13.1. The summed E-state index contributed by atoms with van der Waals surface area (Å²) in [5, 5.41) is 3.57. The average molecular weight is 306 g/mol. The molecule has 0 spiro atoms. The van der Waals surface area contributed by atoms with Crippen molar-refractivity contribution in [3.8, 4) is 11.5 Å². The SMILES string of the molecule is COc1cc2c(cc1OC)C(=O)N1CC=CC1C(SC)N2. The van der Waals surface area contributed by atoms with Crippen LogP contribution >= 0.6 is 11.8 Å². The van der Waals surface area contributed by atoms with Crippen molar-refractivity contribution in [2.75, 3.05) is 32.3 Å². The summed E-state index contributed by atoms with van der Waals surface area (Å²) in [5.41, 5.74) is 1.41. The maximum atomic E-state index is 12.8. The Balaban J connectivity index is 2.11. The van der Waals surface area contributed by atoms with Gasteiger partial charge in [-0.25, -0.2) is 0 Å². The molecule has 1 aromatic carbocycles. The molecule has 1 N–H and O–H groups in total. The van der Waals surface area contributed by atoms with Crippen LogP contribution in [0.1, 0.15) is 10.4 Å². The van der Waals surface area contributed by atoms with E-state index in [1.54, 1.807) is 32.0 Å². The molecule has 0 saturated carbocycles. The fraction of sp³-hybridized carbons (Fsp3) is 0.400. The van der Waals surface area contributed by atoms with Crippen molar-refractivity contribution < 1.29 is 14.3 Å². The number of amides is 1. The van der Waals surface area contributed by atoms with E-state index in [1.165, 1.54) is 0 Å². The van der Waals surface area contributed by atoms with E-state index < -0.39 is 0 Å². The van der Waals surface area contributed by atoms with Crippen LogP contribution in [0.3, 0.4) is 0 Å². The molecule has 0 saturated heterocycles. The molecule has 1 aromatic rings. The molecule has 2 unspecified atom stereocenters. The first-order chi connectivity index (χ1) is 10.2. The Bertz CT molecular complexity index is 603. The van der Waals surface area contributed by atoms with Gasteiger partial charge in [0, 0.05) is 12.6 Å². The minimum absolute atomic E-state index is 0.0185. The second-order valence-corrected chi connectivity index (χ2v) is 5.91. The molecule has 0 aliphatic carbocycles. The van der Waals surface area contributed by atoms with E-state index in [2.05, 4.69) is 11.4 Å². The van der Waals surface area contributed by atoms with Crippen molar-refractivity contribution in [2.24, 2.45) is 0 Å². The molecule has 2 heterocycles. The lowest BCUT2D eigenvalue weighted by Gasteiger charge is -2.27. The molecule has 2 aliphatic rings. The van der Waals surface area contributed by atoms with Crippen LogP contribution in [-0.4, -0.2) is 49.2 Å². The lowest BCUT2D eigenvalue weighted by molar-refractivity contribution is 0.0758. The molecule has 0 fully saturated rings. The molecule has 21 heavy (non-hydrogen) atoms. The summed E-state index contributed by atoms with van der Waals surface area (Å²) in [6, 6.07) is 3.65. The molecule has 1 amide bonds. The van der Waals surface area contributed by atoms with Crippen LogP contribution < -0.4 is 14.8 Å². The van der Waals surface area contributed by atoms with Gasteiger partial charge < -0.3 is 19.7 Å². The molecule has 2 atom stereocenters. The van der Waals surface area contributed by atoms with Crippen molar-refractivity contribution in [1.29, 1.82) is 0 Å². The average Bonchev–Trinajstić information content (AvgIpc) is 2.96. The number of carbonyl (C=O) groups is 1. The molecular formula is C15H18N2O3S. The Morgan fingerprint density at radius 1 is 1.29 bits per heavy atom. The lowest BCUT2D eigenvalue weighted by Crippen LogP contribution is -2.42. The monoisotopic (exact) mass is 306 g/mol. The van der Waals surface area contributed by atoms with E-state index in [0.29, 0.717) is 23.6 Å². The van der Waals surface area contributed by atoms with E-state index in [-0.39, 0.29) is 17.3 Å². The number of fused-ring (bicyclic) bond motifs is 2. The number of carbonyl (C=O) groups excluding carboxylic acids is 1. The summed E-state index contributed by atoms with van der Waals surface area (Å²) < 4.78 is 10.6. The van der Waals surface area contributed by atoms with Gasteiger partial charge in [0.1, 0.15) is 0 Å². The summed E-state index contributed by atoms with van der Waals surface area (Å²) in [6.45, 7) is 0.649. The number of ether oxygens (including phenoxy) is 2. The predicted molar refractivity (Wildman–Crippen MR) is 84.4 cm³/mol. The molecule has 0 aromatic heterocycles. The Hall–Kier alpha value is -1.82. The second-order valence-electron chi connectivity index (χ2n) is 4.93. The van der Waals surface area contributed by atoms with E-state index in [4.69, 9.17) is 9.47 Å². The molecule has 5 nitrogen and oxygen atoms in total. The Morgan fingerprint density at radius 3 is 2.67 bits per heavy atom. The number of hydrogen-bond acceptors (Lipinski definition) is 5. The summed E-state index contributed by atoms with van der Waals surface area (Å²) in [6.07, 6.45) is 6.17. The third kappa shape index (κ3) is 2.23. The van der Waals surface area contributed by atoms with Gasteiger partial charge in [-0.2, -0.15) is 0 Å². The molecule has 112 valence electrons. The summed E-state index contributed by atoms with van der Waals surface area (Å²) >= 11 is 1.70. The molecule has 6 heteroatoms. The van der Waals surface area contributed by atoms with Crippen molar-refractivity contribution in [2.45, 2.75) is 11.4 Å². The van der Waals surface area contributed by atoms with Gasteiger partial charge in [-0.15, -0.1) is 11.8 Å². The molecule has 0 bridgehead atoms. The van der Waals surface area contributed by atoms with Gasteiger partial charge in [-0.3, -0.25) is 4.79 Å². The molecule has 3 rings (SSSR count). The highest BCUT2D eigenvalue weighted by atomic mass is 32.2. The van der Waals surface area contributed by atoms with E-state index >= 15 is 0 Å². The number of hydrogen-bond donors (Lipinski definition) is 1. The number of anilines is 1. The second kappa shape index (κ2) is 5.52. The van der Waals surface area contributed by atoms with Gasteiger partial charge in [0.2, 0.25) is 0 Å². The first kappa shape index (κ1) is 14.1. The fourth-order valence-electron chi connectivity index (χ4n) is 2.79. The lowest BCUT2D eigenvalue weighted by atomic mass is 10.1. The van der Waals surface area contributed by atoms with Gasteiger partial charge >= 0.3 is 0 Å². The number of thioether (sulfide) groups is 1. The third-order valence-corrected chi connectivity index (χ3v) is 4.78. The van der Waals surface area contributed by atoms with Crippen molar-refractivity contribution in [1.82, 2.24) is 4.90 Å². The van der Waals surface area contributed by atoms with E-state index in [1.807, 2.05) is 23.3 Å². The third-order valence-electron chi connectivity index (χ3n) is 3.87. The summed E-state index contributed by atoms with van der Waals surface area (Å²) in [5.74, 6) is 1.21. The quantitative estimate of drug-likeness (QED) is 0.868. The highest BCUT2D eigenvalue weighted by Crippen LogP contribution is 2.38. The minimum Gasteiger partial charge on any atom is -0.493 e. The van der Waals surface area contributed by atoms with Crippen molar-refractivity contribution in [3.05, 3.63) is 29.8 Å². The van der Waals surface area contributed by atoms with Crippen LogP contribution in [0.25, 0.3) is 0 Å². The van der Waals surface area contributed by atoms with Crippen molar-refractivity contribution in [3.63, 3.8) is 0 Å². The van der Waals surface area contributed by atoms with Crippen LogP contribution in [0.5, 0.6) is 11.5 Å². The van der Waals surface area contributed by atoms with E-state index in [0.717, 1.165) is 5.69 Å². The number of nitrogens with one attached hydrogen (secondary N) is 1. The Morgan fingerprint density at radius 2 is 2.00 bits per heavy atom. The number of rotatable bonds is 3. The first-order valence-electron chi connectivity index (χ1n) is 6.72. The molecular weight excluding hydrogens is 288 g/mol. The standard InChI is InChI=1S/C15H18N2O3S/c1-19-12-7-9-10(8-13(12)20-2)16-14(21-3)11-5-4-6-17(11)15(9)18/h4-5,7-8,11,14,16H,6H2,1-3H3. The van der Waals surface area contributed by atoms with Gasteiger partial charge in [0.05, 0.1) is 36.9 Å². The molecule has 2 aliphatic heterocycles.